The molecule has 0 aliphatic carbocycles. The van der Waals surface area contributed by atoms with Crippen LogP contribution in [0.2, 0.25) is 0 Å². The summed E-state index contributed by atoms with van der Waals surface area (Å²) >= 11 is 0. The molecule has 0 radical (unpaired) electrons. The lowest BCUT2D eigenvalue weighted by Crippen LogP contribution is -2.10. The van der Waals surface area contributed by atoms with E-state index in [2.05, 4.69) is 15.7 Å². The van der Waals surface area contributed by atoms with Gasteiger partial charge in [-0.05, 0) is 67.6 Å². The molecule has 0 aliphatic rings. The van der Waals surface area contributed by atoms with Crippen LogP contribution in [0.4, 0.5) is 17.1 Å². The number of nitrogen functional groups attached to an aromatic ring is 1. The number of nitrogens with two attached hydrogens (primary N) is 1. The summed E-state index contributed by atoms with van der Waals surface area (Å²) in [6.45, 7) is 1.94. The predicted octanol–water partition coefficient (Wildman–Crippen LogP) is 4.69. The van der Waals surface area contributed by atoms with Gasteiger partial charge in [-0.25, -0.2) is 10.3 Å². The minimum absolute atomic E-state index is 0.402. The summed E-state index contributed by atoms with van der Waals surface area (Å²) in [4.78, 5) is 29.0. The van der Waals surface area contributed by atoms with E-state index in [0.717, 1.165) is 5.56 Å². The van der Waals surface area contributed by atoms with Crippen molar-refractivity contribution in [3.63, 3.8) is 0 Å². The molecule has 0 saturated carbocycles. The zero-order valence-corrected chi connectivity index (χ0v) is 15.1. The molecule has 0 spiro atoms. The quantitative estimate of drug-likeness (QED) is 0.383. The van der Waals surface area contributed by atoms with Crippen LogP contribution in [-0.2, 0) is 4.84 Å². The summed E-state index contributed by atoms with van der Waals surface area (Å²) in [5.41, 5.74) is 11.7. The Bertz CT molecular complexity index is 995. The maximum Gasteiger partial charge on any atom is 0.362 e. The molecule has 0 atom stereocenters. The van der Waals surface area contributed by atoms with E-state index in [1.807, 2.05) is 19.1 Å². The molecule has 3 rings (SSSR count). The van der Waals surface area contributed by atoms with E-state index in [1.165, 1.54) is 0 Å². The Morgan fingerprint density at radius 1 is 0.857 bits per heavy atom. The fourth-order valence-corrected chi connectivity index (χ4v) is 2.24. The number of azo groups is 1. The van der Waals surface area contributed by atoms with Gasteiger partial charge in [0.25, 0.3) is 5.91 Å². The molecule has 0 aromatic heterocycles. The highest BCUT2D eigenvalue weighted by atomic mass is 16.7. The number of aryl methyl sites for hydroxylation is 1. The van der Waals surface area contributed by atoms with Crippen LogP contribution in [0, 0.1) is 6.92 Å². The molecule has 3 aromatic rings. The van der Waals surface area contributed by atoms with Crippen molar-refractivity contribution in [1.82, 2.24) is 0 Å². The standard InChI is InChI=1S/C21H18N4O3/c1-14-2-4-16(5-3-14)21(27)28-25-19-12-10-18(11-13-19)23-24-20(26)15-6-8-17(22)9-7-15/h2-13,25H,22H2,1H3. The lowest BCUT2D eigenvalue weighted by molar-refractivity contribution is 0.0596. The van der Waals surface area contributed by atoms with Gasteiger partial charge in [0.15, 0.2) is 0 Å². The average Bonchev–Trinajstić information content (AvgIpc) is 2.72. The van der Waals surface area contributed by atoms with Crippen LogP contribution < -0.4 is 11.2 Å². The van der Waals surface area contributed by atoms with Gasteiger partial charge in [-0.3, -0.25) is 4.79 Å². The molecule has 28 heavy (non-hydrogen) atoms. The Morgan fingerprint density at radius 3 is 2.11 bits per heavy atom. The Morgan fingerprint density at radius 2 is 1.46 bits per heavy atom. The van der Waals surface area contributed by atoms with Crippen molar-refractivity contribution >= 4 is 28.9 Å². The van der Waals surface area contributed by atoms with Crippen molar-refractivity contribution in [2.75, 3.05) is 11.2 Å². The van der Waals surface area contributed by atoms with Crippen molar-refractivity contribution in [1.29, 1.82) is 0 Å². The van der Waals surface area contributed by atoms with E-state index in [-0.39, 0.29) is 0 Å². The minimum atomic E-state index is -0.488. The Balaban J connectivity index is 1.55. The topological polar surface area (TPSA) is 106 Å². The van der Waals surface area contributed by atoms with Crippen molar-refractivity contribution in [2.24, 2.45) is 10.2 Å². The fourth-order valence-electron chi connectivity index (χ4n) is 2.24. The van der Waals surface area contributed by atoms with E-state index in [4.69, 9.17) is 10.6 Å². The summed E-state index contributed by atoms with van der Waals surface area (Å²) in [6, 6.07) is 20.1. The number of nitrogens with one attached hydrogen (secondary N) is 1. The molecule has 7 heteroatoms. The molecule has 0 saturated heterocycles. The van der Waals surface area contributed by atoms with Crippen molar-refractivity contribution < 1.29 is 14.4 Å². The monoisotopic (exact) mass is 374 g/mol. The molecule has 0 heterocycles. The van der Waals surface area contributed by atoms with Crippen LogP contribution in [-0.4, -0.2) is 11.9 Å². The van der Waals surface area contributed by atoms with E-state index in [0.29, 0.717) is 28.2 Å². The maximum atomic E-state index is 12.0. The van der Waals surface area contributed by atoms with Gasteiger partial charge in [-0.2, -0.15) is 0 Å². The molecule has 140 valence electrons. The van der Waals surface area contributed by atoms with Gasteiger partial charge in [0, 0.05) is 11.3 Å². The lowest BCUT2D eigenvalue weighted by Gasteiger charge is -2.07. The Labute approximate surface area is 161 Å². The SMILES string of the molecule is Cc1ccc(C(=O)ONc2ccc(N=NC(=O)c3ccc(N)cc3)cc2)cc1. The van der Waals surface area contributed by atoms with E-state index < -0.39 is 11.9 Å². The second-order valence-corrected chi connectivity index (χ2v) is 6.03. The lowest BCUT2D eigenvalue weighted by atomic mass is 10.2. The third-order valence-corrected chi connectivity index (χ3v) is 3.83. The van der Waals surface area contributed by atoms with Gasteiger partial charge in [0.05, 0.1) is 16.9 Å². The van der Waals surface area contributed by atoms with Gasteiger partial charge in [-0.15, -0.1) is 10.2 Å². The van der Waals surface area contributed by atoms with Crippen LogP contribution in [0.25, 0.3) is 0 Å². The smallest absolute Gasteiger partial charge is 0.362 e. The average molecular weight is 374 g/mol. The van der Waals surface area contributed by atoms with Crippen molar-refractivity contribution in [2.45, 2.75) is 6.92 Å². The van der Waals surface area contributed by atoms with Gasteiger partial charge >= 0.3 is 5.97 Å². The number of anilines is 2. The number of benzene rings is 3. The summed E-state index contributed by atoms with van der Waals surface area (Å²) in [5.74, 6) is -0.952. The molecule has 0 unspecified atom stereocenters. The molecular formula is C21H18N4O3. The molecular weight excluding hydrogens is 356 g/mol. The number of hydrogen-bond donors (Lipinski definition) is 2. The molecule has 3 aromatic carbocycles. The van der Waals surface area contributed by atoms with E-state index in [1.54, 1.807) is 60.7 Å². The first-order valence-corrected chi connectivity index (χ1v) is 8.47. The molecule has 1 amide bonds. The highest BCUT2D eigenvalue weighted by molar-refractivity contribution is 5.95. The number of amides is 1. The van der Waals surface area contributed by atoms with Crippen molar-refractivity contribution in [3.05, 3.63) is 89.5 Å². The van der Waals surface area contributed by atoms with Gasteiger partial charge in [0.1, 0.15) is 0 Å². The number of carbonyl (C=O) groups is 2. The summed E-state index contributed by atoms with van der Waals surface area (Å²) < 4.78 is 0. The predicted molar refractivity (Wildman–Crippen MR) is 106 cm³/mol. The molecule has 7 nitrogen and oxygen atoms in total. The first-order valence-electron chi connectivity index (χ1n) is 8.47. The van der Waals surface area contributed by atoms with Crippen LogP contribution in [0.1, 0.15) is 26.3 Å². The van der Waals surface area contributed by atoms with E-state index >= 15 is 0 Å². The maximum absolute atomic E-state index is 12.0. The van der Waals surface area contributed by atoms with Gasteiger partial charge < -0.3 is 10.6 Å². The Hall–Kier alpha value is -4.00. The summed E-state index contributed by atoms with van der Waals surface area (Å²) in [5, 5.41) is 7.59. The largest absolute Gasteiger partial charge is 0.399 e. The van der Waals surface area contributed by atoms with Crippen molar-refractivity contribution in [3.8, 4) is 0 Å². The van der Waals surface area contributed by atoms with Crippen LogP contribution in [0.3, 0.4) is 0 Å². The Kier molecular flexibility index (Phi) is 5.76. The number of carbonyl (C=O) groups excluding carboxylic acids is 2. The number of hydrogen-bond acceptors (Lipinski definition) is 6. The van der Waals surface area contributed by atoms with E-state index in [9.17, 15) is 9.59 Å². The zero-order valence-electron chi connectivity index (χ0n) is 15.1. The first-order chi connectivity index (χ1) is 13.5. The molecule has 0 aliphatic heterocycles. The van der Waals surface area contributed by atoms with Crippen LogP contribution in [0.15, 0.2) is 83.0 Å². The minimum Gasteiger partial charge on any atom is -0.399 e. The van der Waals surface area contributed by atoms with Crippen LogP contribution in [0.5, 0.6) is 0 Å². The second kappa shape index (κ2) is 8.59. The number of nitrogens with zero attached hydrogens (tertiary/aromatic N) is 2. The summed E-state index contributed by atoms with van der Waals surface area (Å²) in [7, 11) is 0. The zero-order chi connectivity index (χ0) is 19.9. The van der Waals surface area contributed by atoms with Gasteiger partial charge in [-0.1, -0.05) is 17.7 Å². The molecule has 0 fully saturated rings. The molecule has 0 bridgehead atoms. The highest BCUT2D eigenvalue weighted by Gasteiger charge is 2.07. The normalized spacial score (nSPS) is 10.6. The number of rotatable bonds is 5. The third-order valence-electron chi connectivity index (χ3n) is 3.83. The highest BCUT2D eigenvalue weighted by Crippen LogP contribution is 2.18. The summed E-state index contributed by atoms with van der Waals surface area (Å²) in [6.07, 6.45) is 0. The fraction of sp³-hybridized carbons (Fsp3) is 0.0476. The second-order valence-electron chi connectivity index (χ2n) is 6.03. The van der Waals surface area contributed by atoms with Gasteiger partial charge in [0.2, 0.25) is 0 Å². The van der Waals surface area contributed by atoms with Crippen LogP contribution >= 0.6 is 0 Å². The first kappa shape index (κ1) is 18.8. The third kappa shape index (κ3) is 5.01. The molecule has 3 N–H and O–H groups in total.